The number of piperidine rings is 1. The van der Waals surface area contributed by atoms with E-state index in [1.54, 1.807) is 5.56 Å². The van der Waals surface area contributed by atoms with Gasteiger partial charge in [-0.15, -0.1) is 0 Å². The summed E-state index contributed by atoms with van der Waals surface area (Å²) in [5.41, 5.74) is 2.71. The van der Waals surface area contributed by atoms with Gasteiger partial charge >= 0.3 is 0 Å². The van der Waals surface area contributed by atoms with Crippen LogP contribution in [0.2, 0.25) is 0 Å². The molecular weight excluding hydrogens is 434 g/mol. The van der Waals surface area contributed by atoms with Crippen molar-refractivity contribution in [3.63, 3.8) is 0 Å². The highest BCUT2D eigenvalue weighted by Crippen LogP contribution is 2.68. The van der Waals surface area contributed by atoms with E-state index in [4.69, 9.17) is 0 Å². The molecule has 9 unspecified atom stereocenters. The summed E-state index contributed by atoms with van der Waals surface area (Å²) in [5, 5.41) is 0. The van der Waals surface area contributed by atoms with E-state index in [1.165, 1.54) is 81.5 Å². The lowest BCUT2D eigenvalue weighted by Crippen LogP contribution is -2.69. The average molecular weight is 493 g/mol. The lowest BCUT2D eigenvalue weighted by molar-refractivity contribution is -0.954. The number of hydrogen-bond donors (Lipinski definition) is 0. The quantitative estimate of drug-likeness (QED) is 0.333. The smallest absolute Gasteiger partial charge is 0.0945 e. The largest absolute Gasteiger partial charge is 0.323 e. The van der Waals surface area contributed by atoms with Gasteiger partial charge in [0.2, 0.25) is 0 Å². The monoisotopic (exact) mass is 492 g/mol. The molecule has 1 aromatic rings. The van der Waals surface area contributed by atoms with Gasteiger partial charge in [0.1, 0.15) is 0 Å². The van der Waals surface area contributed by atoms with Crippen LogP contribution in [0.1, 0.15) is 111 Å². The molecule has 5 rings (SSSR count). The van der Waals surface area contributed by atoms with Gasteiger partial charge in [0.25, 0.3) is 0 Å². The first-order valence-corrected chi connectivity index (χ1v) is 15.9. The number of quaternary nitrogens is 1. The molecule has 1 aliphatic heterocycles. The second-order valence-corrected chi connectivity index (χ2v) is 15.5. The van der Waals surface area contributed by atoms with Crippen molar-refractivity contribution >= 4 is 0 Å². The van der Waals surface area contributed by atoms with Crippen LogP contribution < -0.4 is 0 Å². The number of likely N-dealkylation sites (N-methyl/N-ethyl adjacent to an activating group) is 1. The minimum Gasteiger partial charge on any atom is -0.323 e. The topological polar surface area (TPSA) is 0 Å². The summed E-state index contributed by atoms with van der Waals surface area (Å²) < 4.78 is 1.26. The maximum Gasteiger partial charge on any atom is 0.0945 e. The maximum absolute atomic E-state index is 2.76. The van der Waals surface area contributed by atoms with Gasteiger partial charge in [0, 0.05) is 24.7 Å². The van der Waals surface area contributed by atoms with Crippen LogP contribution in [0.15, 0.2) is 30.3 Å². The van der Waals surface area contributed by atoms with Gasteiger partial charge in [0.15, 0.2) is 0 Å². The van der Waals surface area contributed by atoms with E-state index in [0.717, 1.165) is 47.6 Å². The average Bonchev–Trinajstić information content (AvgIpc) is 3.19. The van der Waals surface area contributed by atoms with Crippen molar-refractivity contribution in [1.29, 1.82) is 0 Å². The van der Waals surface area contributed by atoms with Crippen LogP contribution in [-0.2, 0) is 6.42 Å². The van der Waals surface area contributed by atoms with Crippen molar-refractivity contribution in [2.24, 2.45) is 46.3 Å². The Balaban J connectivity index is 1.30. The molecule has 0 bridgehead atoms. The number of hydrogen-bond acceptors (Lipinski definition) is 0. The normalized spacial score (nSPS) is 42.4. The highest BCUT2D eigenvalue weighted by Gasteiger charge is 2.64. The highest BCUT2D eigenvalue weighted by molar-refractivity contribution is 5.16. The van der Waals surface area contributed by atoms with Crippen molar-refractivity contribution < 1.29 is 4.48 Å². The lowest BCUT2D eigenvalue weighted by atomic mass is 9.46. The molecule has 36 heavy (non-hydrogen) atoms. The molecule has 3 aliphatic carbocycles. The predicted octanol–water partition coefficient (Wildman–Crippen LogP) is 9.16. The summed E-state index contributed by atoms with van der Waals surface area (Å²) in [7, 11) is 5.21. The summed E-state index contributed by atoms with van der Waals surface area (Å²) in [6.07, 6.45) is 17.5. The van der Waals surface area contributed by atoms with E-state index >= 15 is 0 Å². The van der Waals surface area contributed by atoms with Crippen molar-refractivity contribution in [2.75, 3.05) is 14.1 Å². The van der Waals surface area contributed by atoms with E-state index in [-0.39, 0.29) is 0 Å². The fourth-order valence-electron chi connectivity index (χ4n) is 11.2. The Hall–Kier alpha value is -0.820. The van der Waals surface area contributed by atoms with E-state index in [2.05, 4.69) is 79.0 Å². The van der Waals surface area contributed by atoms with Crippen molar-refractivity contribution in [1.82, 2.24) is 0 Å². The van der Waals surface area contributed by atoms with Crippen LogP contribution in [0, 0.1) is 46.3 Å². The van der Waals surface area contributed by atoms with E-state index in [1.807, 2.05) is 0 Å². The summed E-state index contributed by atoms with van der Waals surface area (Å²) in [4.78, 5) is 0. The first-order valence-electron chi connectivity index (χ1n) is 15.9. The second kappa shape index (κ2) is 10.1. The molecule has 4 aliphatic rings. The molecule has 0 amide bonds. The van der Waals surface area contributed by atoms with Crippen molar-refractivity contribution in [2.45, 2.75) is 124 Å². The van der Waals surface area contributed by atoms with Crippen LogP contribution in [0.25, 0.3) is 0 Å². The van der Waals surface area contributed by atoms with E-state index in [9.17, 15) is 0 Å². The van der Waals surface area contributed by atoms with E-state index in [0.29, 0.717) is 10.8 Å². The van der Waals surface area contributed by atoms with Crippen LogP contribution in [-0.4, -0.2) is 30.7 Å². The molecule has 0 spiro atoms. The molecule has 1 aromatic carbocycles. The minimum absolute atomic E-state index is 0.544. The van der Waals surface area contributed by atoms with Crippen molar-refractivity contribution in [3.8, 4) is 0 Å². The fraction of sp³-hybridized carbons (Fsp3) is 0.829. The zero-order valence-corrected chi connectivity index (χ0v) is 24.9. The van der Waals surface area contributed by atoms with Gasteiger partial charge in [-0.3, -0.25) is 0 Å². The summed E-state index contributed by atoms with van der Waals surface area (Å²) >= 11 is 0. The number of benzene rings is 1. The Kier molecular flexibility index (Phi) is 7.48. The third kappa shape index (κ3) is 4.52. The van der Waals surface area contributed by atoms with Gasteiger partial charge in [-0.1, -0.05) is 84.2 Å². The van der Waals surface area contributed by atoms with Crippen molar-refractivity contribution in [3.05, 3.63) is 35.9 Å². The van der Waals surface area contributed by atoms with E-state index < -0.39 is 0 Å². The van der Waals surface area contributed by atoms with Gasteiger partial charge in [-0.25, -0.2) is 0 Å². The van der Waals surface area contributed by atoms with Gasteiger partial charge < -0.3 is 4.48 Å². The molecule has 4 fully saturated rings. The van der Waals surface area contributed by atoms with Gasteiger partial charge in [-0.05, 0) is 85.0 Å². The molecule has 0 aromatic heterocycles. The zero-order valence-electron chi connectivity index (χ0n) is 24.9. The molecule has 1 saturated heterocycles. The second-order valence-electron chi connectivity index (χ2n) is 15.5. The minimum atomic E-state index is 0.544. The molecule has 1 nitrogen and oxygen atoms in total. The lowest BCUT2D eigenvalue weighted by Gasteiger charge is -2.65. The maximum atomic E-state index is 2.76. The molecule has 202 valence electrons. The number of nitrogens with zero attached hydrogens (tertiary/aromatic N) is 1. The molecule has 0 radical (unpaired) electrons. The van der Waals surface area contributed by atoms with Crippen LogP contribution in [0.4, 0.5) is 0 Å². The summed E-state index contributed by atoms with van der Waals surface area (Å²) in [5.74, 6) is 5.74. The third-order valence-corrected chi connectivity index (χ3v) is 13.1. The first-order chi connectivity index (χ1) is 17.1. The van der Waals surface area contributed by atoms with Crippen LogP contribution in [0.3, 0.4) is 0 Å². The number of likely N-dealkylation sites (tertiary alicyclic amines) is 1. The molecule has 9 atom stereocenters. The predicted molar refractivity (Wildman–Crippen MR) is 155 cm³/mol. The Morgan fingerprint density at radius 1 is 0.806 bits per heavy atom. The molecule has 1 heterocycles. The third-order valence-electron chi connectivity index (χ3n) is 13.1. The Morgan fingerprint density at radius 3 is 2.22 bits per heavy atom. The van der Waals surface area contributed by atoms with Gasteiger partial charge in [-0.2, -0.15) is 0 Å². The van der Waals surface area contributed by atoms with Crippen LogP contribution in [0.5, 0.6) is 0 Å². The Morgan fingerprint density at radius 2 is 1.50 bits per heavy atom. The number of fused-ring (bicyclic) bond motifs is 5. The first kappa shape index (κ1) is 26.8. The summed E-state index contributed by atoms with van der Waals surface area (Å²) in [6, 6.07) is 13.0. The Bertz CT molecular complexity index is 872. The highest BCUT2D eigenvalue weighted by atomic mass is 15.4. The number of rotatable bonds is 7. The fourth-order valence-corrected chi connectivity index (χ4v) is 11.2. The molecule has 1 heteroatoms. The molecular formula is C35H58N+. The van der Waals surface area contributed by atoms with Crippen LogP contribution >= 0.6 is 0 Å². The molecule has 0 N–H and O–H groups in total. The zero-order chi connectivity index (χ0) is 25.7. The van der Waals surface area contributed by atoms with Gasteiger partial charge in [0.05, 0.1) is 26.2 Å². The standard InChI is InChI=1S/C35H58N/c1-25(2)12-11-13-26(3)30-17-18-31-29-16-19-33-35(5,32(29)21-23-34(30,31)4)22-20-28(36(33,6)7)24-27-14-9-8-10-15-27/h8-10,14-15,25-26,28-33H,11-13,16-24H2,1-7H3/q+1. The molecule has 3 saturated carbocycles. The SMILES string of the molecule is CC(C)CCCC(C)C1CCC2C3CCC4C(C)(CCC(Cc5ccccc5)[N+]4(C)C)C3CCC12C. The summed E-state index contributed by atoms with van der Waals surface area (Å²) in [6.45, 7) is 12.9. The Labute approximate surface area is 224 Å².